The van der Waals surface area contributed by atoms with Crippen molar-refractivity contribution in [2.24, 2.45) is 0 Å². The molecule has 0 aliphatic heterocycles. The van der Waals surface area contributed by atoms with E-state index in [0.717, 1.165) is 12.3 Å². The Morgan fingerprint density at radius 3 is 2.28 bits per heavy atom. The number of phenolic OH excluding ortho intramolecular Hbond substituents is 1. The van der Waals surface area contributed by atoms with Crippen molar-refractivity contribution < 1.29 is 26.8 Å². The number of nitrogens with one attached hydrogen (secondary N) is 1. The van der Waals surface area contributed by atoms with Crippen LogP contribution in [-0.2, 0) is 31.3 Å². The van der Waals surface area contributed by atoms with Crippen LogP contribution in [0.1, 0.15) is 5.56 Å². The molecule has 0 saturated heterocycles. The number of phenols is 1. The fourth-order valence-corrected chi connectivity index (χ4v) is 5.69. The van der Waals surface area contributed by atoms with Gasteiger partial charge in [-0.15, -0.1) is 0 Å². The van der Waals surface area contributed by atoms with Gasteiger partial charge in [-0.1, -0.05) is 32.9 Å². The summed E-state index contributed by atoms with van der Waals surface area (Å²) in [6.45, 7) is -0.274. The van der Waals surface area contributed by atoms with E-state index >= 15 is 0 Å². The minimum absolute atomic E-state index is 0.0982. The molecule has 2 aromatic rings. The first-order valence-electron chi connectivity index (χ1n) is 6.62. The van der Waals surface area contributed by atoms with Crippen LogP contribution in [0.4, 0.5) is 0 Å². The molecule has 2 rings (SSSR count). The molecule has 0 aliphatic rings. The minimum atomic E-state index is -4.23. The molecule has 25 heavy (non-hydrogen) atoms. The Morgan fingerprint density at radius 2 is 1.68 bits per heavy atom. The molecule has 0 saturated carbocycles. The average molecular weight is 515 g/mol. The maximum atomic E-state index is 12.3. The smallest absolute Gasteiger partial charge is 0.263 e. The van der Waals surface area contributed by atoms with Crippen LogP contribution in [0.2, 0.25) is 0 Å². The quantitative estimate of drug-likeness (QED) is 0.573. The first-order valence-corrected chi connectivity index (χ1v) is 11.6. The van der Waals surface area contributed by atoms with Gasteiger partial charge in [-0.05, 0) is 40.2 Å². The van der Waals surface area contributed by atoms with Crippen molar-refractivity contribution in [2.45, 2.75) is 16.4 Å². The molecule has 2 N–H and O–H groups in total. The largest absolute Gasteiger partial charge is 0.506 e. The van der Waals surface area contributed by atoms with Gasteiger partial charge in [0.25, 0.3) is 10.0 Å². The van der Waals surface area contributed by atoms with E-state index < -0.39 is 24.8 Å². The molecule has 0 aliphatic carbocycles. The van der Waals surface area contributed by atoms with E-state index in [1.807, 2.05) is 4.89 Å². The number of benzene rings is 2. The summed E-state index contributed by atoms with van der Waals surface area (Å²) < 4.78 is 49.2. The summed E-state index contributed by atoms with van der Waals surface area (Å²) in [5.41, 5.74) is 0.320. The molecule has 0 aromatic heterocycles. The Morgan fingerprint density at radius 1 is 1.08 bits per heavy atom. The van der Waals surface area contributed by atoms with Crippen molar-refractivity contribution in [3.63, 3.8) is 0 Å². The zero-order valence-corrected chi connectivity index (χ0v) is 17.5. The summed E-state index contributed by atoms with van der Waals surface area (Å²) in [6.07, 6.45) is 0.916. The molecule has 136 valence electrons. The van der Waals surface area contributed by atoms with E-state index in [1.54, 1.807) is 12.1 Å². The van der Waals surface area contributed by atoms with Gasteiger partial charge in [0.1, 0.15) is 10.6 Å². The lowest BCUT2D eigenvalue weighted by atomic mass is 10.2. The van der Waals surface area contributed by atoms with Crippen LogP contribution < -0.4 is 4.89 Å². The van der Waals surface area contributed by atoms with Gasteiger partial charge in [0, 0.05) is 16.3 Å². The van der Waals surface area contributed by atoms with Crippen LogP contribution in [0.15, 0.2) is 55.1 Å². The molecule has 0 atom stereocenters. The summed E-state index contributed by atoms with van der Waals surface area (Å²) in [6, 6.07) is 8.36. The lowest BCUT2D eigenvalue weighted by Crippen LogP contribution is -2.25. The van der Waals surface area contributed by atoms with Gasteiger partial charge in [-0.3, -0.25) is 4.84 Å². The van der Waals surface area contributed by atoms with Crippen molar-refractivity contribution >= 4 is 51.7 Å². The molecule has 0 amide bonds. The fraction of sp³-hybridized carbons (Fsp3) is 0.143. The van der Waals surface area contributed by atoms with Crippen LogP contribution in [0.3, 0.4) is 0 Å². The zero-order valence-electron chi connectivity index (χ0n) is 12.7. The Labute approximate surface area is 162 Å². The third-order valence-corrected chi connectivity index (χ3v) is 6.66. The molecular formula is C14H13Br2NO6S2. The Balaban J connectivity index is 2.22. The number of hydrogen-bond donors (Lipinski definition) is 2. The number of hydrogen-bond acceptors (Lipinski definition) is 6. The molecule has 0 fully saturated rings. The predicted molar refractivity (Wildman–Crippen MR) is 98.2 cm³/mol. The van der Waals surface area contributed by atoms with Crippen molar-refractivity contribution in [1.82, 2.24) is 4.89 Å². The van der Waals surface area contributed by atoms with Crippen molar-refractivity contribution in [3.8, 4) is 5.75 Å². The van der Waals surface area contributed by atoms with Gasteiger partial charge in [0.05, 0.1) is 16.0 Å². The standard InChI is InChI=1S/C14H13Br2NO6S2/c1-24(19,20)12-4-2-3-5-13(12)25(21,22)17-23-8-9-6-10(15)7-11(16)14(9)18/h2-7,17-18H,8H2,1H3. The fourth-order valence-electron chi connectivity index (χ4n) is 1.94. The molecule has 7 nitrogen and oxygen atoms in total. The van der Waals surface area contributed by atoms with E-state index in [0.29, 0.717) is 14.5 Å². The Hall–Kier alpha value is -0.980. The van der Waals surface area contributed by atoms with Gasteiger partial charge < -0.3 is 5.11 Å². The normalized spacial score (nSPS) is 12.3. The lowest BCUT2D eigenvalue weighted by Gasteiger charge is -2.11. The highest BCUT2D eigenvalue weighted by molar-refractivity contribution is 9.11. The number of sulfonamides is 1. The van der Waals surface area contributed by atoms with Crippen LogP contribution in [0, 0.1) is 0 Å². The van der Waals surface area contributed by atoms with Crippen LogP contribution in [0.25, 0.3) is 0 Å². The molecule has 0 spiro atoms. The molecule has 2 aromatic carbocycles. The second-order valence-electron chi connectivity index (χ2n) is 4.99. The highest BCUT2D eigenvalue weighted by Crippen LogP contribution is 2.32. The Bertz CT molecular complexity index is 1010. The Kier molecular flexibility index (Phi) is 6.28. The van der Waals surface area contributed by atoms with E-state index in [2.05, 4.69) is 31.9 Å². The SMILES string of the molecule is CS(=O)(=O)c1ccccc1S(=O)(=O)NOCc1cc(Br)cc(Br)c1O. The molecule has 0 radical (unpaired) electrons. The minimum Gasteiger partial charge on any atom is -0.506 e. The van der Waals surface area contributed by atoms with Crippen LogP contribution >= 0.6 is 31.9 Å². The van der Waals surface area contributed by atoms with Gasteiger partial charge in [-0.25, -0.2) is 16.8 Å². The van der Waals surface area contributed by atoms with Gasteiger partial charge in [-0.2, -0.15) is 0 Å². The summed E-state index contributed by atoms with van der Waals surface area (Å²) in [7, 11) is -7.97. The molecule has 0 unspecified atom stereocenters. The zero-order chi connectivity index (χ0) is 18.8. The van der Waals surface area contributed by atoms with Crippen molar-refractivity contribution in [2.75, 3.05) is 6.26 Å². The number of rotatable bonds is 6. The first kappa shape index (κ1) is 20.3. The number of sulfone groups is 1. The van der Waals surface area contributed by atoms with Crippen LogP contribution in [0.5, 0.6) is 5.75 Å². The van der Waals surface area contributed by atoms with Gasteiger partial charge >= 0.3 is 0 Å². The van der Waals surface area contributed by atoms with E-state index in [4.69, 9.17) is 4.84 Å². The molecule has 0 heterocycles. The second-order valence-corrected chi connectivity index (χ2v) is 10.4. The first-order chi connectivity index (χ1) is 11.5. The summed E-state index contributed by atoms with van der Waals surface area (Å²) in [5, 5.41) is 9.92. The van der Waals surface area contributed by atoms with Crippen molar-refractivity contribution in [1.29, 1.82) is 0 Å². The maximum absolute atomic E-state index is 12.3. The summed E-state index contributed by atoms with van der Waals surface area (Å²) in [4.78, 5) is 6.08. The molecule has 11 heteroatoms. The molecular weight excluding hydrogens is 502 g/mol. The van der Waals surface area contributed by atoms with E-state index in [1.165, 1.54) is 18.2 Å². The number of halogens is 2. The monoisotopic (exact) mass is 513 g/mol. The molecule has 0 bridgehead atoms. The van der Waals surface area contributed by atoms with Crippen molar-refractivity contribution in [3.05, 3.63) is 50.9 Å². The topological polar surface area (TPSA) is 110 Å². The summed E-state index contributed by atoms with van der Waals surface area (Å²) >= 11 is 6.40. The highest BCUT2D eigenvalue weighted by atomic mass is 79.9. The lowest BCUT2D eigenvalue weighted by molar-refractivity contribution is 0.0779. The van der Waals surface area contributed by atoms with E-state index in [9.17, 15) is 21.9 Å². The highest BCUT2D eigenvalue weighted by Gasteiger charge is 2.23. The van der Waals surface area contributed by atoms with Crippen LogP contribution in [-0.4, -0.2) is 28.2 Å². The average Bonchev–Trinajstić information content (AvgIpc) is 2.51. The number of aromatic hydroxyl groups is 1. The third kappa shape index (κ3) is 5.02. The van der Waals surface area contributed by atoms with Gasteiger partial charge in [0.2, 0.25) is 0 Å². The predicted octanol–water partition coefficient (Wildman–Crippen LogP) is 2.73. The summed E-state index contributed by atoms with van der Waals surface area (Å²) in [5.74, 6) is -0.0982. The second kappa shape index (κ2) is 7.72. The maximum Gasteiger partial charge on any atom is 0.263 e. The third-order valence-electron chi connectivity index (χ3n) is 3.04. The van der Waals surface area contributed by atoms with Gasteiger partial charge in [0.15, 0.2) is 9.84 Å². The van der Waals surface area contributed by atoms with E-state index in [-0.39, 0.29) is 17.3 Å².